The molecule has 0 saturated carbocycles. The number of hydrogen-bond acceptors (Lipinski definition) is 6. The Morgan fingerprint density at radius 2 is 1.64 bits per heavy atom. The summed E-state index contributed by atoms with van der Waals surface area (Å²) in [4.78, 5) is 52.1. The average Bonchev–Trinajstić information content (AvgIpc) is 3.13. The molecule has 1 fully saturated rings. The monoisotopic (exact) mass is 552 g/mol. The number of nitrogens with zero attached hydrogens (tertiary/aromatic N) is 2. The van der Waals surface area contributed by atoms with E-state index in [9.17, 15) is 28.0 Å². The van der Waals surface area contributed by atoms with Crippen LogP contribution < -0.4 is 15.6 Å². The van der Waals surface area contributed by atoms with Crippen LogP contribution in [-0.2, 0) is 14.3 Å². The van der Waals surface area contributed by atoms with Crippen LogP contribution in [0.1, 0.15) is 34.1 Å². The number of amides is 3. The first kappa shape index (κ1) is 27.3. The molecule has 0 aliphatic carbocycles. The normalized spacial score (nSPS) is 14.8. The molecule has 0 bridgehead atoms. The van der Waals surface area contributed by atoms with Crippen molar-refractivity contribution in [2.45, 2.75) is 19.4 Å². The zero-order chi connectivity index (χ0) is 28.1. The van der Waals surface area contributed by atoms with E-state index in [1.165, 1.54) is 54.6 Å². The van der Waals surface area contributed by atoms with Crippen molar-refractivity contribution in [1.29, 1.82) is 0 Å². The summed E-state index contributed by atoms with van der Waals surface area (Å²) >= 11 is 5.44. The van der Waals surface area contributed by atoms with Gasteiger partial charge in [-0.15, -0.1) is 0 Å². The highest BCUT2D eigenvalue weighted by Crippen LogP contribution is 2.27. The maximum absolute atomic E-state index is 13.7. The van der Waals surface area contributed by atoms with Gasteiger partial charge < -0.3 is 10.1 Å². The van der Waals surface area contributed by atoms with Crippen LogP contribution in [0.4, 0.5) is 20.2 Å². The molecule has 200 valence electrons. The lowest BCUT2D eigenvalue weighted by molar-refractivity contribution is -0.124. The van der Waals surface area contributed by atoms with Crippen molar-refractivity contribution < 1.29 is 32.7 Å². The van der Waals surface area contributed by atoms with Gasteiger partial charge in [-0.25, -0.2) is 18.6 Å². The van der Waals surface area contributed by atoms with Crippen molar-refractivity contribution in [1.82, 2.24) is 10.4 Å². The Morgan fingerprint density at radius 3 is 2.28 bits per heavy atom. The zero-order valence-electron chi connectivity index (χ0n) is 20.5. The summed E-state index contributed by atoms with van der Waals surface area (Å²) in [7, 11) is 0. The van der Waals surface area contributed by atoms with Gasteiger partial charge >= 0.3 is 5.97 Å². The summed E-state index contributed by atoms with van der Waals surface area (Å²) in [6.45, 7) is 1.90. The molecule has 0 spiro atoms. The minimum Gasteiger partial charge on any atom is -0.462 e. The van der Waals surface area contributed by atoms with Crippen molar-refractivity contribution in [2.24, 2.45) is 0 Å². The van der Waals surface area contributed by atoms with Gasteiger partial charge in [0, 0.05) is 11.3 Å². The molecule has 3 amide bonds. The van der Waals surface area contributed by atoms with Gasteiger partial charge in [-0.05, 0) is 85.9 Å². The molecular weight excluding hydrogens is 530 g/mol. The lowest BCUT2D eigenvalue weighted by Crippen LogP contribution is -2.49. The SMILES string of the molecule is CCOC(=O)c1ccc(NC(=O)CC2C(=O)N(c3ccc(F)cc3)C(=S)N2NC(=O)c2cccc(F)c2)cc1. The predicted octanol–water partition coefficient (Wildman–Crippen LogP) is 3.82. The average molecular weight is 553 g/mol. The number of esters is 1. The largest absolute Gasteiger partial charge is 0.462 e. The van der Waals surface area contributed by atoms with Crippen molar-refractivity contribution in [2.75, 3.05) is 16.8 Å². The first-order valence-electron chi connectivity index (χ1n) is 11.7. The molecule has 0 radical (unpaired) electrons. The van der Waals surface area contributed by atoms with Crippen molar-refractivity contribution >= 4 is 52.4 Å². The molecular formula is C27H22F2N4O5S. The van der Waals surface area contributed by atoms with Crippen LogP contribution in [0.25, 0.3) is 0 Å². The van der Waals surface area contributed by atoms with Crippen LogP contribution in [0.5, 0.6) is 0 Å². The number of ether oxygens (including phenoxy) is 1. The van der Waals surface area contributed by atoms with E-state index >= 15 is 0 Å². The number of carbonyl (C=O) groups is 4. The highest BCUT2D eigenvalue weighted by Gasteiger charge is 2.45. The predicted molar refractivity (Wildman–Crippen MR) is 142 cm³/mol. The van der Waals surface area contributed by atoms with Gasteiger partial charge in [0.1, 0.15) is 17.7 Å². The van der Waals surface area contributed by atoms with Crippen LogP contribution in [0.15, 0.2) is 72.8 Å². The third-order valence-corrected chi connectivity index (χ3v) is 6.05. The van der Waals surface area contributed by atoms with Crippen LogP contribution in [0.2, 0.25) is 0 Å². The number of anilines is 2. The summed E-state index contributed by atoms with van der Waals surface area (Å²) in [5.41, 5.74) is 3.33. The van der Waals surface area contributed by atoms with Gasteiger partial charge in [-0.3, -0.25) is 24.7 Å². The third-order valence-electron chi connectivity index (χ3n) is 5.67. The molecule has 3 aromatic rings. The molecule has 9 nitrogen and oxygen atoms in total. The standard InChI is InChI=1S/C27H22F2N4O5S/c1-2-38-26(37)16-6-10-20(11-7-16)30-23(34)15-22-25(36)32(21-12-8-18(28)9-13-21)27(39)33(22)31-24(35)17-4-3-5-19(29)14-17/h3-14,22H,2,15H2,1H3,(H,30,34)(H,31,35). The highest BCUT2D eigenvalue weighted by molar-refractivity contribution is 7.80. The Labute approximate surface area is 227 Å². The molecule has 39 heavy (non-hydrogen) atoms. The summed E-state index contributed by atoms with van der Waals surface area (Å²) in [6, 6.07) is 14.5. The molecule has 4 rings (SSSR count). The van der Waals surface area contributed by atoms with Gasteiger partial charge in [0.05, 0.1) is 24.3 Å². The molecule has 2 N–H and O–H groups in total. The van der Waals surface area contributed by atoms with E-state index < -0.39 is 47.8 Å². The van der Waals surface area contributed by atoms with Crippen LogP contribution >= 0.6 is 12.2 Å². The molecule has 1 aliphatic rings. The van der Waals surface area contributed by atoms with Crippen LogP contribution in [-0.4, -0.2) is 46.5 Å². The summed E-state index contributed by atoms with van der Waals surface area (Å²) < 4.78 is 32.1. The number of nitrogens with one attached hydrogen (secondary N) is 2. The smallest absolute Gasteiger partial charge is 0.338 e. The molecule has 1 heterocycles. The molecule has 12 heteroatoms. The van der Waals surface area contributed by atoms with E-state index in [4.69, 9.17) is 17.0 Å². The van der Waals surface area contributed by atoms with E-state index in [-0.39, 0.29) is 23.0 Å². The Bertz CT molecular complexity index is 1430. The Kier molecular flexibility index (Phi) is 8.25. The van der Waals surface area contributed by atoms with E-state index in [1.54, 1.807) is 6.92 Å². The lowest BCUT2D eigenvalue weighted by atomic mass is 10.1. The maximum Gasteiger partial charge on any atom is 0.338 e. The Morgan fingerprint density at radius 1 is 0.949 bits per heavy atom. The third kappa shape index (κ3) is 6.24. The van der Waals surface area contributed by atoms with Crippen molar-refractivity contribution in [3.63, 3.8) is 0 Å². The Hall–Kier alpha value is -4.71. The van der Waals surface area contributed by atoms with Gasteiger partial charge in [0.25, 0.3) is 11.8 Å². The number of rotatable bonds is 8. The van der Waals surface area contributed by atoms with E-state index in [0.29, 0.717) is 11.3 Å². The first-order valence-corrected chi connectivity index (χ1v) is 12.1. The molecule has 1 unspecified atom stereocenters. The van der Waals surface area contributed by atoms with Crippen LogP contribution in [0.3, 0.4) is 0 Å². The summed E-state index contributed by atoms with van der Waals surface area (Å²) in [5.74, 6) is -3.67. The fourth-order valence-electron chi connectivity index (χ4n) is 3.82. The number of hydrogen-bond donors (Lipinski definition) is 2. The minimum absolute atomic E-state index is 0.0321. The molecule has 1 aliphatic heterocycles. The van der Waals surface area contributed by atoms with E-state index in [0.717, 1.165) is 28.1 Å². The molecule has 3 aromatic carbocycles. The number of carbonyl (C=O) groups excluding carboxylic acids is 4. The summed E-state index contributed by atoms with van der Waals surface area (Å²) in [6.07, 6.45) is -0.431. The van der Waals surface area contributed by atoms with Crippen LogP contribution in [0, 0.1) is 11.6 Å². The van der Waals surface area contributed by atoms with E-state index in [1.807, 2.05) is 0 Å². The fraction of sp³-hybridized carbons (Fsp3) is 0.148. The fourth-order valence-corrected chi connectivity index (χ4v) is 4.19. The van der Waals surface area contributed by atoms with Gasteiger partial charge in [0.15, 0.2) is 0 Å². The van der Waals surface area contributed by atoms with Gasteiger partial charge in [-0.2, -0.15) is 0 Å². The second-order valence-electron chi connectivity index (χ2n) is 8.32. The van der Waals surface area contributed by atoms with Gasteiger partial charge in [-0.1, -0.05) is 6.07 Å². The van der Waals surface area contributed by atoms with Crippen molar-refractivity contribution in [3.8, 4) is 0 Å². The zero-order valence-corrected chi connectivity index (χ0v) is 21.3. The topological polar surface area (TPSA) is 108 Å². The summed E-state index contributed by atoms with van der Waals surface area (Å²) in [5, 5.41) is 3.53. The second kappa shape index (κ2) is 11.8. The Balaban J connectivity index is 1.55. The molecule has 1 atom stereocenters. The van der Waals surface area contributed by atoms with E-state index in [2.05, 4.69) is 10.7 Å². The highest BCUT2D eigenvalue weighted by atomic mass is 32.1. The number of halogens is 2. The van der Waals surface area contributed by atoms with Gasteiger partial charge in [0.2, 0.25) is 11.0 Å². The number of thiocarbonyl (C=S) groups is 1. The van der Waals surface area contributed by atoms with Crippen molar-refractivity contribution in [3.05, 3.63) is 95.6 Å². The number of hydrazine groups is 1. The second-order valence-corrected chi connectivity index (χ2v) is 8.68. The minimum atomic E-state index is -1.26. The number of benzene rings is 3. The lowest BCUT2D eigenvalue weighted by Gasteiger charge is -2.24. The quantitative estimate of drug-likeness (QED) is 0.323. The maximum atomic E-state index is 13.7. The molecule has 0 aromatic heterocycles. The first-order chi connectivity index (χ1) is 18.7. The molecule has 1 saturated heterocycles.